The van der Waals surface area contributed by atoms with Crippen LogP contribution in [0.2, 0.25) is 0 Å². The Hall–Kier alpha value is -3.13. The molecule has 8 nitrogen and oxygen atoms in total. The molecule has 0 amide bonds. The lowest BCUT2D eigenvalue weighted by molar-refractivity contribution is 0.239. The lowest BCUT2D eigenvalue weighted by Gasteiger charge is -2.33. The molecule has 8 heteroatoms. The summed E-state index contributed by atoms with van der Waals surface area (Å²) in [6.45, 7) is 7.05. The molecule has 0 bridgehead atoms. The molecule has 6 rings (SSSR count). The van der Waals surface area contributed by atoms with Crippen LogP contribution >= 0.6 is 0 Å². The summed E-state index contributed by atoms with van der Waals surface area (Å²) in [4.78, 5) is 7.30. The van der Waals surface area contributed by atoms with E-state index in [1.165, 1.54) is 19.3 Å². The summed E-state index contributed by atoms with van der Waals surface area (Å²) in [5.41, 5.74) is 4.29. The molecule has 2 N–H and O–H groups in total. The van der Waals surface area contributed by atoms with Crippen molar-refractivity contribution in [1.29, 1.82) is 0 Å². The van der Waals surface area contributed by atoms with Gasteiger partial charge in [-0.1, -0.05) is 0 Å². The van der Waals surface area contributed by atoms with Gasteiger partial charge in [-0.3, -0.25) is 5.10 Å². The van der Waals surface area contributed by atoms with Crippen LogP contribution in [0.15, 0.2) is 36.8 Å². The second-order valence-electron chi connectivity index (χ2n) is 8.80. The normalized spacial score (nSPS) is 21.5. The number of H-pyrrole nitrogens is 1. The minimum absolute atomic E-state index is 0.418. The van der Waals surface area contributed by atoms with E-state index in [1.54, 1.807) is 0 Å². The molecule has 31 heavy (non-hydrogen) atoms. The Morgan fingerprint density at radius 3 is 3.00 bits per heavy atom. The highest BCUT2D eigenvalue weighted by molar-refractivity contribution is 6.00. The fourth-order valence-electron chi connectivity index (χ4n) is 5.25. The molecule has 160 valence electrons. The van der Waals surface area contributed by atoms with E-state index >= 15 is 0 Å². The summed E-state index contributed by atoms with van der Waals surface area (Å²) in [7, 11) is 0. The zero-order valence-corrected chi connectivity index (χ0v) is 17.8. The Labute approximate surface area is 180 Å². The highest BCUT2D eigenvalue weighted by Gasteiger charge is 2.39. The summed E-state index contributed by atoms with van der Waals surface area (Å²) in [5.74, 6) is 1.85. The average Bonchev–Trinajstić information content (AvgIpc) is 3.49. The second kappa shape index (κ2) is 7.23. The first-order valence-corrected chi connectivity index (χ1v) is 11.2. The van der Waals surface area contributed by atoms with E-state index in [2.05, 4.69) is 43.7 Å². The summed E-state index contributed by atoms with van der Waals surface area (Å²) >= 11 is 0. The third kappa shape index (κ3) is 3.13. The van der Waals surface area contributed by atoms with E-state index < -0.39 is 0 Å². The molecule has 2 aliphatic rings. The Balaban J connectivity index is 1.36. The summed E-state index contributed by atoms with van der Waals surface area (Å²) in [6, 6.07) is 6.38. The maximum absolute atomic E-state index is 5.80. The van der Waals surface area contributed by atoms with Crippen LogP contribution in [0.25, 0.3) is 27.7 Å². The molecule has 1 atom stereocenters. The smallest absolute Gasteiger partial charge is 0.178 e. The van der Waals surface area contributed by atoms with Gasteiger partial charge in [0.15, 0.2) is 5.65 Å². The predicted molar refractivity (Wildman–Crippen MR) is 121 cm³/mol. The molecule has 2 saturated heterocycles. The summed E-state index contributed by atoms with van der Waals surface area (Å²) in [5, 5.41) is 16.3. The number of aromatic amines is 1. The molecule has 2 aliphatic heterocycles. The fourth-order valence-corrected chi connectivity index (χ4v) is 5.25. The highest BCUT2D eigenvalue weighted by Crippen LogP contribution is 2.39. The molecule has 0 aromatic carbocycles. The van der Waals surface area contributed by atoms with E-state index in [0.29, 0.717) is 12.0 Å². The van der Waals surface area contributed by atoms with E-state index in [9.17, 15) is 0 Å². The Morgan fingerprint density at radius 2 is 2.19 bits per heavy atom. The van der Waals surface area contributed by atoms with Gasteiger partial charge in [0, 0.05) is 42.4 Å². The predicted octanol–water partition coefficient (Wildman–Crippen LogP) is 3.25. The number of hydrogen-bond acceptors (Lipinski definition) is 6. The van der Waals surface area contributed by atoms with Crippen molar-refractivity contribution in [3.8, 4) is 16.9 Å². The lowest BCUT2D eigenvalue weighted by atomic mass is 9.80. The maximum atomic E-state index is 5.80. The van der Waals surface area contributed by atoms with Gasteiger partial charge in [-0.2, -0.15) is 5.10 Å². The van der Waals surface area contributed by atoms with E-state index in [4.69, 9.17) is 9.72 Å². The number of piperidine rings is 1. The van der Waals surface area contributed by atoms with Crippen molar-refractivity contribution >= 4 is 22.4 Å². The van der Waals surface area contributed by atoms with Crippen LogP contribution in [0.4, 0.5) is 5.82 Å². The number of nitrogens with one attached hydrogen (secondary N) is 2. The van der Waals surface area contributed by atoms with Crippen LogP contribution in [0.3, 0.4) is 0 Å². The van der Waals surface area contributed by atoms with E-state index in [-0.39, 0.29) is 0 Å². The summed E-state index contributed by atoms with van der Waals surface area (Å²) < 4.78 is 7.67. The van der Waals surface area contributed by atoms with Crippen LogP contribution in [0.5, 0.6) is 5.75 Å². The van der Waals surface area contributed by atoms with Gasteiger partial charge in [0.05, 0.1) is 29.9 Å². The number of fused-ring (bicyclic) bond motifs is 3. The van der Waals surface area contributed by atoms with E-state index in [1.807, 2.05) is 30.0 Å². The topological polar surface area (TPSA) is 83.4 Å². The van der Waals surface area contributed by atoms with Gasteiger partial charge in [0.2, 0.25) is 0 Å². The minimum Gasteiger partial charge on any atom is -0.492 e. The minimum atomic E-state index is 0.418. The number of aromatic nitrogens is 5. The summed E-state index contributed by atoms with van der Waals surface area (Å²) in [6.07, 6.45) is 9.56. The monoisotopic (exact) mass is 417 g/mol. The van der Waals surface area contributed by atoms with Crippen molar-refractivity contribution in [1.82, 2.24) is 30.1 Å². The first kappa shape index (κ1) is 18.6. The van der Waals surface area contributed by atoms with Gasteiger partial charge in [0.25, 0.3) is 0 Å². The zero-order chi connectivity index (χ0) is 20.8. The van der Waals surface area contributed by atoms with Gasteiger partial charge in [-0.25, -0.2) is 9.50 Å². The molecular weight excluding hydrogens is 390 g/mol. The Bertz CT molecular complexity index is 1220. The fraction of sp³-hybridized carbons (Fsp3) is 0.435. The highest BCUT2D eigenvalue weighted by atomic mass is 16.5. The maximum Gasteiger partial charge on any atom is 0.178 e. The molecule has 0 aliphatic carbocycles. The van der Waals surface area contributed by atoms with Crippen molar-refractivity contribution in [2.24, 2.45) is 5.41 Å². The first-order valence-electron chi connectivity index (χ1n) is 11.2. The molecule has 6 heterocycles. The van der Waals surface area contributed by atoms with Crippen LogP contribution in [0, 0.1) is 5.41 Å². The quantitative estimate of drug-likeness (QED) is 0.530. The molecule has 0 radical (unpaired) electrons. The second-order valence-corrected chi connectivity index (χ2v) is 8.80. The number of ether oxygens (including phenoxy) is 1. The first-order chi connectivity index (χ1) is 15.2. The van der Waals surface area contributed by atoms with Crippen molar-refractivity contribution in [3.63, 3.8) is 0 Å². The van der Waals surface area contributed by atoms with Crippen LogP contribution in [-0.2, 0) is 0 Å². The van der Waals surface area contributed by atoms with Crippen LogP contribution < -0.4 is 15.0 Å². The molecular formula is C23H27N7O. The number of hydrogen-bond donors (Lipinski definition) is 2. The van der Waals surface area contributed by atoms with Gasteiger partial charge >= 0.3 is 0 Å². The zero-order valence-electron chi connectivity index (χ0n) is 17.8. The lowest BCUT2D eigenvalue weighted by Crippen LogP contribution is -2.42. The molecule has 1 spiro atoms. The van der Waals surface area contributed by atoms with Crippen LogP contribution in [0.1, 0.15) is 26.2 Å². The number of pyridine rings is 2. The van der Waals surface area contributed by atoms with Gasteiger partial charge in [-0.05, 0) is 50.9 Å². The molecule has 2 fully saturated rings. The van der Waals surface area contributed by atoms with Crippen molar-refractivity contribution in [2.75, 3.05) is 37.7 Å². The van der Waals surface area contributed by atoms with Gasteiger partial charge in [-0.15, -0.1) is 5.10 Å². The van der Waals surface area contributed by atoms with Crippen molar-refractivity contribution in [2.45, 2.75) is 26.2 Å². The van der Waals surface area contributed by atoms with Crippen LogP contribution in [-0.4, -0.2) is 57.6 Å². The van der Waals surface area contributed by atoms with Crippen molar-refractivity contribution < 1.29 is 4.74 Å². The SMILES string of the molecule is CCOc1cc(-c2ccc(N3CCC4(CCCNC4)C3)nc2)c2c3cn[nH]c3nn2c1. The molecule has 4 aromatic rings. The van der Waals surface area contributed by atoms with E-state index in [0.717, 1.165) is 65.4 Å². The Morgan fingerprint density at radius 1 is 1.23 bits per heavy atom. The van der Waals surface area contributed by atoms with Gasteiger partial charge in [0.1, 0.15) is 11.6 Å². The number of rotatable bonds is 4. The largest absolute Gasteiger partial charge is 0.492 e. The molecule has 4 aromatic heterocycles. The average molecular weight is 418 g/mol. The number of nitrogens with zero attached hydrogens (tertiary/aromatic N) is 5. The number of anilines is 1. The molecule has 1 unspecified atom stereocenters. The third-order valence-corrected chi connectivity index (χ3v) is 6.80. The van der Waals surface area contributed by atoms with Gasteiger partial charge < -0.3 is 15.0 Å². The Kier molecular flexibility index (Phi) is 4.34. The standard InChI is InChI=1S/C23H27N7O/c1-2-31-17-10-18(21-19-12-26-27-22(19)28-30(21)13-17)16-4-5-20(25-11-16)29-9-7-23(15-29)6-3-8-24-14-23/h4-5,10-13,24H,2-3,6-9,14-15H2,1H3,(H,27,28). The van der Waals surface area contributed by atoms with Crippen molar-refractivity contribution in [3.05, 3.63) is 36.8 Å². The molecule has 0 saturated carbocycles. The third-order valence-electron chi connectivity index (χ3n) is 6.80.